The Morgan fingerprint density at radius 1 is 1.46 bits per heavy atom. The number of carbonyl (C=O) groups excluding carboxylic acids is 2. The lowest BCUT2D eigenvalue weighted by Crippen LogP contribution is -2.47. The summed E-state index contributed by atoms with van der Waals surface area (Å²) >= 11 is 0. The van der Waals surface area contributed by atoms with E-state index in [4.69, 9.17) is 9.47 Å². The number of esters is 1. The number of nitro groups is 1. The van der Waals surface area contributed by atoms with E-state index < -0.39 is 28.7 Å². The molecule has 0 saturated heterocycles. The number of nitrogens with zero attached hydrogens (tertiary/aromatic N) is 3. The number of rotatable bonds is 4. The van der Waals surface area contributed by atoms with Crippen LogP contribution in [-0.2, 0) is 14.3 Å². The van der Waals surface area contributed by atoms with E-state index in [1.807, 2.05) is 0 Å². The van der Waals surface area contributed by atoms with Crippen LogP contribution in [0.3, 0.4) is 0 Å². The summed E-state index contributed by atoms with van der Waals surface area (Å²) in [4.78, 5) is 39.6. The molecule has 1 fully saturated rings. The average molecular weight is 335 g/mol. The molecule has 1 amide bonds. The van der Waals surface area contributed by atoms with Crippen molar-refractivity contribution >= 4 is 23.5 Å². The molecular formula is C15H17N3O6. The normalized spacial score (nSPS) is 20.5. The standard InChI is InChI=1S/C15H17N3O6/c1-9-15(20)17(8-13(19)24-10-4-2-3-5-10)14-11(23-9)6-7-12(16-14)18(21)22/h6-7,9-10H,2-5,8H2,1H3. The average Bonchev–Trinajstić information content (AvgIpc) is 3.04. The molecular weight excluding hydrogens is 318 g/mol. The van der Waals surface area contributed by atoms with Gasteiger partial charge in [0.15, 0.2) is 11.9 Å². The van der Waals surface area contributed by atoms with E-state index in [0.717, 1.165) is 30.6 Å². The second kappa shape index (κ2) is 6.42. The number of aromatic nitrogens is 1. The van der Waals surface area contributed by atoms with Gasteiger partial charge in [-0.1, -0.05) is 0 Å². The highest BCUT2D eigenvalue weighted by molar-refractivity contribution is 6.02. The van der Waals surface area contributed by atoms with Gasteiger partial charge in [-0.15, -0.1) is 0 Å². The van der Waals surface area contributed by atoms with Gasteiger partial charge in [0.2, 0.25) is 0 Å². The third-order valence-corrected chi connectivity index (χ3v) is 4.07. The summed E-state index contributed by atoms with van der Waals surface area (Å²) in [5.41, 5.74) is 0. The molecule has 0 N–H and O–H groups in total. The number of pyridine rings is 1. The lowest BCUT2D eigenvalue weighted by Gasteiger charge is -2.28. The fourth-order valence-electron chi connectivity index (χ4n) is 2.89. The summed E-state index contributed by atoms with van der Waals surface area (Å²) in [5, 5.41) is 10.9. The number of amides is 1. The Balaban J connectivity index is 1.83. The SMILES string of the molecule is CC1Oc2ccc([N+](=O)[O-])nc2N(CC(=O)OC2CCCC2)C1=O. The van der Waals surface area contributed by atoms with Crippen molar-refractivity contribution in [2.75, 3.05) is 11.4 Å². The number of hydrogen-bond acceptors (Lipinski definition) is 7. The van der Waals surface area contributed by atoms with E-state index in [1.165, 1.54) is 12.1 Å². The van der Waals surface area contributed by atoms with Gasteiger partial charge < -0.3 is 19.6 Å². The van der Waals surface area contributed by atoms with Crippen molar-refractivity contribution in [2.45, 2.75) is 44.8 Å². The van der Waals surface area contributed by atoms with Crippen LogP contribution >= 0.6 is 0 Å². The van der Waals surface area contributed by atoms with E-state index in [1.54, 1.807) is 6.92 Å². The van der Waals surface area contributed by atoms with Gasteiger partial charge in [-0.05, 0) is 48.6 Å². The topological polar surface area (TPSA) is 112 Å². The van der Waals surface area contributed by atoms with E-state index in [0.29, 0.717) is 0 Å². The number of fused-ring (bicyclic) bond motifs is 1. The van der Waals surface area contributed by atoms with Crippen molar-refractivity contribution in [3.8, 4) is 5.75 Å². The molecule has 24 heavy (non-hydrogen) atoms. The molecule has 9 nitrogen and oxygen atoms in total. The Morgan fingerprint density at radius 3 is 2.83 bits per heavy atom. The van der Waals surface area contributed by atoms with Crippen LogP contribution in [0, 0.1) is 10.1 Å². The third kappa shape index (κ3) is 3.15. The van der Waals surface area contributed by atoms with E-state index in [2.05, 4.69) is 4.98 Å². The zero-order chi connectivity index (χ0) is 17.3. The van der Waals surface area contributed by atoms with Crippen molar-refractivity contribution in [1.29, 1.82) is 0 Å². The maximum absolute atomic E-state index is 12.3. The molecule has 0 bridgehead atoms. The Labute approximate surface area is 137 Å². The third-order valence-electron chi connectivity index (χ3n) is 4.07. The minimum atomic E-state index is -0.806. The van der Waals surface area contributed by atoms with Crippen LogP contribution in [-0.4, -0.2) is 40.5 Å². The van der Waals surface area contributed by atoms with E-state index in [9.17, 15) is 19.7 Å². The summed E-state index contributed by atoms with van der Waals surface area (Å²) in [6.45, 7) is 1.20. The van der Waals surface area contributed by atoms with Crippen molar-refractivity contribution in [1.82, 2.24) is 4.98 Å². The van der Waals surface area contributed by atoms with Crippen LogP contribution in [0.15, 0.2) is 12.1 Å². The second-order valence-corrected chi connectivity index (χ2v) is 5.83. The van der Waals surface area contributed by atoms with Crippen LogP contribution < -0.4 is 9.64 Å². The molecule has 3 rings (SSSR count). The summed E-state index contributed by atoms with van der Waals surface area (Å²) in [6, 6.07) is 2.56. The van der Waals surface area contributed by atoms with Crippen LogP contribution in [0.1, 0.15) is 32.6 Å². The molecule has 128 valence electrons. The summed E-state index contributed by atoms with van der Waals surface area (Å²) in [7, 11) is 0. The highest BCUT2D eigenvalue weighted by Crippen LogP contribution is 2.34. The van der Waals surface area contributed by atoms with Crippen LogP contribution in [0.25, 0.3) is 0 Å². The van der Waals surface area contributed by atoms with E-state index in [-0.39, 0.29) is 24.2 Å². The molecule has 1 atom stereocenters. The fraction of sp³-hybridized carbons (Fsp3) is 0.533. The second-order valence-electron chi connectivity index (χ2n) is 5.83. The van der Waals surface area contributed by atoms with Crippen molar-refractivity contribution in [3.05, 3.63) is 22.2 Å². The maximum atomic E-state index is 12.3. The van der Waals surface area contributed by atoms with Crippen LogP contribution in [0.4, 0.5) is 11.6 Å². The van der Waals surface area contributed by atoms with Gasteiger partial charge in [0.25, 0.3) is 11.7 Å². The molecule has 9 heteroatoms. The molecule has 2 heterocycles. The molecule has 1 aliphatic carbocycles. The monoisotopic (exact) mass is 335 g/mol. The summed E-state index contributed by atoms with van der Waals surface area (Å²) in [5.74, 6) is -1.27. The molecule has 0 radical (unpaired) electrons. The predicted molar refractivity (Wildman–Crippen MR) is 81.7 cm³/mol. The fourth-order valence-corrected chi connectivity index (χ4v) is 2.89. The Bertz CT molecular complexity index is 686. The number of anilines is 1. The highest BCUT2D eigenvalue weighted by Gasteiger charge is 2.38. The molecule has 1 aromatic rings. The number of hydrogen-bond donors (Lipinski definition) is 0. The number of carbonyl (C=O) groups is 2. The molecule has 2 aliphatic rings. The predicted octanol–water partition coefficient (Wildman–Crippen LogP) is 1.59. The minimum Gasteiger partial charge on any atom is -0.475 e. The van der Waals surface area contributed by atoms with Crippen molar-refractivity contribution in [3.63, 3.8) is 0 Å². The van der Waals surface area contributed by atoms with Gasteiger partial charge in [-0.3, -0.25) is 14.5 Å². The van der Waals surface area contributed by atoms with Crippen molar-refractivity contribution < 1.29 is 24.0 Å². The first-order valence-corrected chi connectivity index (χ1v) is 7.78. The van der Waals surface area contributed by atoms with Crippen LogP contribution in [0.5, 0.6) is 5.75 Å². The van der Waals surface area contributed by atoms with Gasteiger partial charge in [0, 0.05) is 6.07 Å². The van der Waals surface area contributed by atoms with Crippen LogP contribution in [0.2, 0.25) is 0 Å². The molecule has 1 aromatic heterocycles. The molecule has 1 aliphatic heterocycles. The zero-order valence-electron chi connectivity index (χ0n) is 13.1. The minimum absolute atomic E-state index is 0.0318. The van der Waals surface area contributed by atoms with Gasteiger partial charge in [0.1, 0.15) is 12.6 Å². The van der Waals surface area contributed by atoms with Gasteiger partial charge in [0.05, 0.1) is 0 Å². The highest BCUT2D eigenvalue weighted by atomic mass is 16.6. The molecule has 1 saturated carbocycles. The molecule has 0 aromatic carbocycles. The first-order valence-electron chi connectivity index (χ1n) is 7.78. The van der Waals surface area contributed by atoms with Gasteiger partial charge >= 0.3 is 11.8 Å². The zero-order valence-corrected chi connectivity index (χ0v) is 13.1. The quantitative estimate of drug-likeness (QED) is 0.466. The smallest absolute Gasteiger partial charge is 0.366 e. The first-order chi connectivity index (χ1) is 11.5. The first kappa shape index (κ1) is 16.2. The van der Waals surface area contributed by atoms with Crippen molar-refractivity contribution in [2.24, 2.45) is 0 Å². The van der Waals surface area contributed by atoms with Gasteiger partial charge in [-0.25, -0.2) is 0 Å². The Hall–Kier alpha value is -2.71. The largest absolute Gasteiger partial charge is 0.475 e. The van der Waals surface area contributed by atoms with E-state index >= 15 is 0 Å². The maximum Gasteiger partial charge on any atom is 0.366 e. The number of ether oxygens (including phenoxy) is 2. The molecule has 1 unspecified atom stereocenters. The van der Waals surface area contributed by atoms with Gasteiger partial charge in [-0.2, -0.15) is 0 Å². The summed E-state index contributed by atoms with van der Waals surface area (Å²) < 4.78 is 10.8. The lowest BCUT2D eigenvalue weighted by molar-refractivity contribution is -0.389. The lowest BCUT2D eigenvalue weighted by atomic mass is 10.2. The Morgan fingerprint density at radius 2 is 2.17 bits per heavy atom. The summed E-state index contributed by atoms with van der Waals surface area (Å²) in [6.07, 6.45) is 2.74. The Kier molecular flexibility index (Phi) is 4.32. The molecule has 0 spiro atoms.